The zero-order chi connectivity index (χ0) is 23.9. The van der Waals surface area contributed by atoms with Crippen molar-refractivity contribution in [2.45, 2.75) is 13.2 Å². The largest absolute Gasteiger partial charge is 0.487 e. The van der Waals surface area contributed by atoms with Crippen LogP contribution in [0.3, 0.4) is 0 Å². The van der Waals surface area contributed by atoms with Crippen molar-refractivity contribution < 1.29 is 23.8 Å². The quantitative estimate of drug-likeness (QED) is 0.290. The molecule has 0 spiro atoms. The van der Waals surface area contributed by atoms with Gasteiger partial charge in [0.2, 0.25) is 6.79 Å². The predicted molar refractivity (Wildman–Crippen MR) is 127 cm³/mol. The monoisotopic (exact) mass is 499 g/mol. The molecule has 1 heterocycles. The second-order valence-corrected chi connectivity index (χ2v) is 7.95. The normalized spacial score (nSPS) is 11.9. The Kier molecular flexibility index (Phi) is 7.51. The number of nitrogens with zero attached hydrogens (tertiary/aromatic N) is 1. The Balaban J connectivity index is 1.25. The van der Waals surface area contributed by atoms with Gasteiger partial charge in [-0.05, 0) is 47.5 Å². The van der Waals surface area contributed by atoms with Crippen molar-refractivity contribution in [1.29, 1.82) is 0 Å². The first kappa shape index (κ1) is 23.4. The van der Waals surface area contributed by atoms with Crippen molar-refractivity contribution in [2.75, 3.05) is 6.79 Å². The molecule has 3 aromatic carbocycles. The van der Waals surface area contributed by atoms with Gasteiger partial charge in [0, 0.05) is 17.1 Å². The van der Waals surface area contributed by atoms with Gasteiger partial charge in [0.25, 0.3) is 0 Å². The van der Waals surface area contributed by atoms with E-state index < -0.39 is 11.8 Å². The van der Waals surface area contributed by atoms with Crippen LogP contribution >= 0.6 is 23.2 Å². The summed E-state index contributed by atoms with van der Waals surface area (Å²) in [5.74, 6) is -0.00758. The molecule has 34 heavy (non-hydrogen) atoms. The molecule has 0 unspecified atom stereocenters. The van der Waals surface area contributed by atoms with Crippen molar-refractivity contribution in [1.82, 2.24) is 10.7 Å². The highest BCUT2D eigenvalue weighted by Crippen LogP contribution is 2.32. The van der Waals surface area contributed by atoms with E-state index >= 15 is 0 Å². The Morgan fingerprint density at radius 3 is 2.62 bits per heavy atom. The first-order valence-corrected chi connectivity index (χ1v) is 10.9. The van der Waals surface area contributed by atoms with Gasteiger partial charge in [-0.2, -0.15) is 5.10 Å². The molecule has 4 rings (SSSR count). The summed E-state index contributed by atoms with van der Waals surface area (Å²) in [7, 11) is 0. The number of carbonyl (C=O) groups excluding carboxylic acids is 2. The van der Waals surface area contributed by atoms with Gasteiger partial charge in [-0.1, -0.05) is 47.5 Å². The fourth-order valence-corrected chi connectivity index (χ4v) is 3.45. The van der Waals surface area contributed by atoms with Gasteiger partial charge in [0.1, 0.15) is 12.4 Å². The van der Waals surface area contributed by atoms with Crippen LogP contribution in [0.1, 0.15) is 16.7 Å². The summed E-state index contributed by atoms with van der Waals surface area (Å²) in [4.78, 5) is 24.0. The number of hydrazone groups is 1. The molecule has 0 bridgehead atoms. The van der Waals surface area contributed by atoms with Gasteiger partial charge >= 0.3 is 11.8 Å². The SMILES string of the molecule is O=C(NCc1ccc2c(c1)OCO2)C(=O)N/N=C\c1ccc(OCc2ccccc2Cl)c(Cl)c1. The molecular weight excluding hydrogens is 481 g/mol. The van der Waals surface area contributed by atoms with Crippen molar-refractivity contribution >= 4 is 41.2 Å². The van der Waals surface area contributed by atoms with Gasteiger partial charge in [-0.3, -0.25) is 9.59 Å². The first-order valence-electron chi connectivity index (χ1n) is 10.1. The third-order valence-corrected chi connectivity index (χ3v) is 5.44. The van der Waals surface area contributed by atoms with E-state index in [9.17, 15) is 9.59 Å². The number of carbonyl (C=O) groups is 2. The Bertz CT molecular complexity index is 1250. The highest BCUT2D eigenvalue weighted by Gasteiger charge is 2.15. The molecule has 0 atom stereocenters. The molecule has 0 fully saturated rings. The number of amides is 2. The summed E-state index contributed by atoms with van der Waals surface area (Å²) >= 11 is 12.4. The van der Waals surface area contributed by atoms with Crippen molar-refractivity contribution in [3.05, 3.63) is 87.4 Å². The number of benzene rings is 3. The van der Waals surface area contributed by atoms with Crippen LogP contribution in [0.15, 0.2) is 65.8 Å². The molecule has 0 saturated heterocycles. The Morgan fingerprint density at radius 2 is 1.79 bits per heavy atom. The van der Waals surface area contributed by atoms with Crippen LogP contribution in [0.25, 0.3) is 0 Å². The molecule has 0 radical (unpaired) electrons. The zero-order valence-corrected chi connectivity index (χ0v) is 19.2. The number of fused-ring (bicyclic) bond motifs is 1. The van der Waals surface area contributed by atoms with Gasteiger partial charge in [-0.15, -0.1) is 0 Å². The summed E-state index contributed by atoms with van der Waals surface area (Å²) in [6.45, 7) is 0.581. The number of halogens is 2. The lowest BCUT2D eigenvalue weighted by molar-refractivity contribution is -0.139. The molecule has 1 aliphatic rings. The van der Waals surface area contributed by atoms with Crippen LogP contribution in [0, 0.1) is 0 Å². The molecule has 174 valence electrons. The van der Waals surface area contributed by atoms with E-state index in [1.165, 1.54) is 6.21 Å². The maximum Gasteiger partial charge on any atom is 0.329 e. The molecule has 8 nitrogen and oxygen atoms in total. The summed E-state index contributed by atoms with van der Waals surface area (Å²) in [5.41, 5.74) is 4.39. The van der Waals surface area contributed by atoms with Crippen LogP contribution in [-0.2, 0) is 22.7 Å². The molecule has 3 aromatic rings. The molecule has 2 amide bonds. The minimum atomic E-state index is -0.900. The fraction of sp³-hybridized carbons (Fsp3) is 0.125. The smallest absolute Gasteiger partial charge is 0.329 e. The third-order valence-electron chi connectivity index (χ3n) is 4.77. The van der Waals surface area contributed by atoms with E-state index in [-0.39, 0.29) is 19.9 Å². The average Bonchev–Trinajstić information content (AvgIpc) is 3.31. The Labute approximate surface area is 205 Å². The fourth-order valence-electron chi connectivity index (χ4n) is 3.02. The molecule has 2 N–H and O–H groups in total. The summed E-state index contributed by atoms with van der Waals surface area (Å²) in [6.07, 6.45) is 1.37. The lowest BCUT2D eigenvalue weighted by Gasteiger charge is -2.09. The van der Waals surface area contributed by atoms with Gasteiger partial charge < -0.3 is 19.5 Å². The number of hydrogen-bond donors (Lipinski definition) is 2. The van der Waals surface area contributed by atoms with Gasteiger partial charge in [0.05, 0.1) is 11.2 Å². The second kappa shape index (κ2) is 10.9. The van der Waals surface area contributed by atoms with Crippen LogP contribution in [-0.4, -0.2) is 24.8 Å². The minimum absolute atomic E-state index is 0.151. The Morgan fingerprint density at radius 1 is 0.971 bits per heavy atom. The van der Waals surface area contributed by atoms with Crippen LogP contribution in [0.5, 0.6) is 17.2 Å². The summed E-state index contributed by atoms with van der Waals surface area (Å²) in [6, 6.07) is 17.6. The van der Waals surface area contributed by atoms with Crippen molar-refractivity contribution in [3.8, 4) is 17.2 Å². The lowest BCUT2D eigenvalue weighted by Crippen LogP contribution is -2.37. The minimum Gasteiger partial charge on any atom is -0.487 e. The highest BCUT2D eigenvalue weighted by molar-refractivity contribution is 6.35. The van der Waals surface area contributed by atoms with Crippen LogP contribution in [0.4, 0.5) is 0 Å². The summed E-state index contributed by atoms with van der Waals surface area (Å²) in [5, 5.41) is 7.29. The molecule has 0 aromatic heterocycles. The van der Waals surface area contributed by atoms with E-state index in [0.717, 1.165) is 11.1 Å². The zero-order valence-electron chi connectivity index (χ0n) is 17.7. The van der Waals surface area contributed by atoms with E-state index in [1.807, 2.05) is 18.2 Å². The van der Waals surface area contributed by atoms with Crippen molar-refractivity contribution in [2.24, 2.45) is 5.10 Å². The lowest BCUT2D eigenvalue weighted by atomic mass is 10.2. The van der Waals surface area contributed by atoms with E-state index in [2.05, 4.69) is 15.8 Å². The summed E-state index contributed by atoms with van der Waals surface area (Å²) < 4.78 is 16.2. The predicted octanol–water partition coefficient (Wildman–Crippen LogP) is 4.07. The molecule has 0 aliphatic carbocycles. The molecule has 10 heteroatoms. The van der Waals surface area contributed by atoms with Crippen LogP contribution in [0.2, 0.25) is 10.0 Å². The number of rotatable bonds is 7. The Hall–Kier alpha value is -3.75. The number of nitrogens with one attached hydrogen (secondary N) is 2. The van der Waals surface area contributed by atoms with E-state index in [4.69, 9.17) is 37.4 Å². The van der Waals surface area contributed by atoms with Gasteiger partial charge in [-0.25, -0.2) is 5.43 Å². The van der Waals surface area contributed by atoms with Crippen LogP contribution < -0.4 is 25.0 Å². The average molecular weight is 500 g/mol. The van der Waals surface area contributed by atoms with E-state index in [0.29, 0.717) is 32.9 Å². The molecule has 1 aliphatic heterocycles. The molecule has 0 saturated carbocycles. The number of ether oxygens (including phenoxy) is 3. The highest BCUT2D eigenvalue weighted by atomic mass is 35.5. The first-order chi connectivity index (χ1) is 16.5. The third kappa shape index (κ3) is 5.98. The second-order valence-electron chi connectivity index (χ2n) is 7.14. The molecular formula is C24H19Cl2N3O5. The maximum atomic E-state index is 12.0. The van der Waals surface area contributed by atoms with E-state index in [1.54, 1.807) is 42.5 Å². The van der Waals surface area contributed by atoms with Gasteiger partial charge in [0.15, 0.2) is 11.5 Å². The standard InChI is InChI=1S/C24H19Cl2N3O5/c25-18-4-2-1-3-17(18)13-32-20-7-5-15(9-19(20)26)12-28-29-24(31)23(30)27-11-16-6-8-21-22(10-16)34-14-33-21/h1-10,12H,11,13-14H2,(H,27,30)(H,29,31)/b28-12-. The topological polar surface area (TPSA) is 98.2 Å². The van der Waals surface area contributed by atoms with Crippen molar-refractivity contribution in [3.63, 3.8) is 0 Å². The number of hydrogen-bond acceptors (Lipinski definition) is 6. The maximum absolute atomic E-state index is 12.0.